The summed E-state index contributed by atoms with van der Waals surface area (Å²) in [5, 5.41) is 17.5. The molecule has 0 aromatic heterocycles. The number of rotatable bonds is 10. The molecule has 0 saturated carbocycles. The van der Waals surface area contributed by atoms with Gasteiger partial charge < -0.3 is 20.1 Å². The highest BCUT2D eigenvalue weighted by Crippen LogP contribution is 2.27. The molecule has 8 nitrogen and oxygen atoms in total. The molecule has 8 heteroatoms. The Morgan fingerprint density at radius 3 is 2.30 bits per heavy atom. The molecule has 2 aromatic carbocycles. The molecule has 0 saturated heterocycles. The van der Waals surface area contributed by atoms with Crippen LogP contribution in [0, 0.1) is 16.0 Å². The fourth-order valence-electron chi connectivity index (χ4n) is 2.73. The summed E-state index contributed by atoms with van der Waals surface area (Å²) >= 11 is 0. The van der Waals surface area contributed by atoms with E-state index in [9.17, 15) is 10.1 Å². The zero-order valence-corrected chi connectivity index (χ0v) is 18.0. The van der Waals surface area contributed by atoms with Gasteiger partial charge in [0.15, 0.2) is 17.5 Å². The lowest BCUT2D eigenvalue weighted by Gasteiger charge is -2.15. The minimum absolute atomic E-state index is 0.0777. The summed E-state index contributed by atoms with van der Waals surface area (Å²) in [4.78, 5) is 15.0. The second kappa shape index (κ2) is 11.6. The van der Waals surface area contributed by atoms with Gasteiger partial charge in [0.05, 0.1) is 25.7 Å². The van der Waals surface area contributed by atoms with Crippen LogP contribution in [0.4, 0.5) is 5.69 Å². The minimum atomic E-state index is -0.404. The molecule has 0 heterocycles. The number of non-ortho nitro benzene ring substituents is 1. The third kappa shape index (κ3) is 7.27. The second-order valence-corrected chi connectivity index (χ2v) is 7.23. The van der Waals surface area contributed by atoms with Crippen LogP contribution in [-0.4, -0.2) is 38.2 Å². The SMILES string of the molecule is COc1ccc(CCNC(=NCc2ccc([N+](=O)[O-])cc2)NCC(C)C)cc1OC. The molecule has 162 valence electrons. The van der Waals surface area contributed by atoms with E-state index in [1.54, 1.807) is 26.4 Å². The summed E-state index contributed by atoms with van der Waals surface area (Å²) < 4.78 is 10.6. The molecule has 2 aromatic rings. The predicted octanol–water partition coefficient (Wildman–Crippen LogP) is 3.55. The third-order valence-corrected chi connectivity index (χ3v) is 4.40. The second-order valence-electron chi connectivity index (χ2n) is 7.23. The first-order valence-electron chi connectivity index (χ1n) is 9.89. The highest BCUT2D eigenvalue weighted by molar-refractivity contribution is 5.79. The topological polar surface area (TPSA) is 98.0 Å². The third-order valence-electron chi connectivity index (χ3n) is 4.40. The Hall–Kier alpha value is -3.29. The maximum Gasteiger partial charge on any atom is 0.269 e. The Morgan fingerprint density at radius 1 is 1.03 bits per heavy atom. The van der Waals surface area contributed by atoms with E-state index in [-0.39, 0.29) is 5.69 Å². The highest BCUT2D eigenvalue weighted by atomic mass is 16.6. The fraction of sp³-hybridized carbons (Fsp3) is 0.409. The largest absolute Gasteiger partial charge is 0.493 e. The molecular formula is C22H30N4O4. The summed E-state index contributed by atoms with van der Waals surface area (Å²) in [6, 6.07) is 12.3. The number of hydrogen-bond acceptors (Lipinski definition) is 5. The van der Waals surface area contributed by atoms with E-state index in [2.05, 4.69) is 29.5 Å². The Kier molecular flexibility index (Phi) is 8.93. The highest BCUT2D eigenvalue weighted by Gasteiger charge is 2.07. The van der Waals surface area contributed by atoms with Crippen molar-refractivity contribution in [3.8, 4) is 11.5 Å². The molecule has 2 N–H and O–H groups in total. The summed E-state index contributed by atoms with van der Waals surface area (Å²) in [7, 11) is 3.24. The van der Waals surface area contributed by atoms with Gasteiger partial charge in [0, 0.05) is 25.2 Å². The van der Waals surface area contributed by atoms with Gasteiger partial charge in [-0.15, -0.1) is 0 Å². The number of guanidine groups is 1. The first-order chi connectivity index (χ1) is 14.4. The Labute approximate surface area is 177 Å². The molecule has 0 unspecified atom stereocenters. The van der Waals surface area contributed by atoms with E-state index in [1.165, 1.54) is 12.1 Å². The van der Waals surface area contributed by atoms with Crippen LogP contribution < -0.4 is 20.1 Å². The molecule has 0 radical (unpaired) electrons. The zero-order chi connectivity index (χ0) is 21.9. The lowest BCUT2D eigenvalue weighted by Crippen LogP contribution is -2.40. The summed E-state index contributed by atoms with van der Waals surface area (Å²) in [5.41, 5.74) is 2.11. The maximum absolute atomic E-state index is 10.8. The predicted molar refractivity (Wildman–Crippen MR) is 118 cm³/mol. The number of nitro groups is 1. The van der Waals surface area contributed by atoms with E-state index in [0.717, 1.165) is 24.1 Å². The van der Waals surface area contributed by atoms with Crippen LogP contribution in [0.25, 0.3) is 0 Å². The van der Waals surface area contributed by atoms with Crippen molar-refractivity contribution in [1.29, 1.82) is 0 Å². The van der Waals surface area contributed by atoms with E-state index >= 15 is 0 Å². The number of methoxy groups -OCH3 is 2. The number of ether oxygens (including phenoxy) is 2. The van der Waals surface area contributed by atoms with Gasteiger partial charge in [0.1, 0.15) is 0 Å². The number of nitrogens with zero attached hydrogens (tertiary/aromatic N) is 2. The molecule has 2 rings (SSSR count). The number of nitro benzene ring substituents is 1. The first-order valence-corrected chi connectivity index (χ1v) is 9.89. The number of benzene rings is 2. The van der Waals surface area contributed by atoms with Crippen molar-refractivity contribution in [2.24, 2.45) is 10.9 Å². The van der Waals surface area contributed by atoms with Gasteiger partial charge in [-0.3, -0.25) is 10.1 Å². The minimum Gasteiger partial charge on any atom is -0.493 e. The summed E-state index contributed by atoms with van der Waals surface area (Å²) in [5.74, 6) is 2.60. The van der Waals surface area contributed by atoms with Crippen LogP contribution >= 0.6 is 0 Å². The van der Waals surface area contributed by atoms with Crippen LogP contribution in [0.15, 0.2) is 47.5 Å². The average molecular weight is 415 g/mol. The van der Waals surface area contributed by atoms with Gasteiger partial charge in [0.2, 0.25) is 0 Å². The normalized spacial score (nSPS) is 11.3. The average Bonchev–Trinajstić information content (AvgIpc) is 2.75. The van der Waals surface area contributed by atoms with Crippen LogP contribution in [0.3, 0.4) is 0 Å². The van der Waals surface area contributed by atoms with Gasteiger partial charge in [-0.2, -0.15) is 0 Å². The molecule has 0 fully saturated rings. The van der Waals surface area contributed by atoms with Crippen LogP contribution in [-0.2, 0) is 13.0 Å². The number of hydrogen-bond donors (Lipinski definition) is 2. The molecule has 0 aliphatic carbocycles. The quantitative estimate of drug-likeness (QED) is 0.267. The van der Waals surface area contributed by atoms with E-state index in [4.69, 9.17) is 9.47 Å². The van der Waals surface area contributed by atoms with Gasteiger partial charge >= 0.3 is 0 Å². The molecule has 0 aliphatic rings. The molecular weight excluding hydrogens is 384 g/mol. The van der Waals surface area contributed by atoms with Crippen molar-refractivity contribution < 1.29 is 14.4 Å². The Balaban J connectivity index is 1.98. The summed E-state index contributed by atoms with van der Waals surface area (Å²) in [6.07, 6.45) is 0.792. The van der Waals surface area contributed by atoms with Crippen molar-refractivity contribution in [1.82, 2.24) is 10.6 Å². The van der Waals surface area contributed by atoms with E-state index in [1.807, 2.05) is 18.2 Å². The van der Waals surface area contributed by atoms with Crippen molar-refractivity contribution in [3.63, 3.8) is 0 Å². The first kappa shape index (κ1) is 23.0. The molecule has 0 aliphatic heterocycles. The Bertz CT molecular complexity index is 851. The molecule has 30 heavy (non-hydrogen) atoms. The van der Waals surface area contributed by atoms with Gasteiger partial charge in [-0.05, 0) is 35.6 Å². The van der Waals surface area contributed by atoms with Crippen molar-refractivity contribution in [3.05, 3.63) is 63.7 Å². The van der Waals surface area contributed by atoms with E-state index < -0.39 is 4.92 Å². The van der Waals surface area contributed by atoms with Gasteiger partial charge in [0.25, 0.3) is 5.69 Å². The van der Waals surface area contributed by atoms with Gasteiger partial charge in [-0.1, -0.05) is 32.0 Å². The van der Waals surface area contributed by atoms with Crippen LogP contribution in [0.2, 0.25) is 0 Å². The molecule has 0 spiro atoms. The standard InChI is InChI=1S/C22H30N4O4/c1-16(2)14-24-22(25-15-18-5-8-19(9-6-18)26(27)28)23-12-11-17-7-10-20(29-3)21(13-17)30-4/h5-10,13,16H,11-12,14-15H2,1-4H3,(H2,23,24,25). The molecule has 0 amide bonds. The van der Waals surface area contributed by atoms with Crippen LogP contribution in [0.1, 0.15) is 25.0 Å². The van der Waals surface area contributed by atoms with E-state index in [0.29, 0.717) is 36.5 Å². The lowest BCUT2D eigenvalue weighted by atomic mass is 10.1. The zero-order valence-electron chi connectivity index (χ0n) is 18.0. The smallest absolute Gasteiger partial charge is 0.269 e. The number of aliphatic imine (C=N–C) groups is 1. The maximum atomic E-state index is 10.8. The van der Waals surface area contributed by atoms with Crippen LogP contribution in [0.5, 0.6) is 11.5 Å². The monoisotopic (exact) mass is 414 g/mol. The number of nitrogens with one attached hydrogen (secondary N) is 2. The Morgan fingerprint density at radius 2 is 1.70 bits per heavy atom. The van der Waals surface area contributed by atoms with Crippen molar-refractivity contribution in [2.45, 2.75) is 26.8 Å². The fourth-order valence-corrected chi connectivity index (χ4v) is 2.73. The lowest BCUT2D eigenvalue weighted by molar-refractivity contribution is -0.384. The van der Waals surface area contributed by atoms with Crippen molar-refractivity contribution >= 4 is 11.6 Å². The molecule has 0 atom stereocenters. The summed E-state index contributed by atoms with van der Waals surface area (Å²) in [6.45, 7) is 6.18. The van der Waals surface area contributed by atoms with Crippen molar-refractivity contribution in [2.75, 3.05) is 27.3 Å². The molecule has 0 bridgehead atoms. The van der Waals surface area contributed by atoms with Gasteiger partial charge in [-0.25, -0.2) is 4.99 Å².